The third-order valence-corrected chi connectivity index (χ3v) is 2.46. The molecule has 0 aromatic heterocycles. The molecule has 0 spiro atoms. The number of amides is 2. The molecule has 0 aliphatic carbocycles. The minimum atomic E-state index is -0.691. The zero-order chi connectivity index (χ0) is 13.5. The number of hydrogen-bond donors (Lipinski definition) is 3. The van der Waals surface area contributed by atoms with Crippen LogP contribution in [0.3, 0.4) is 0 Å². The average molecular weight is 246 g/mol. The maximum Gasteiger partial charge on any atom is 0.312 e. The zero-order valence-corrected chi connectivity index (χ0v) is 11.4. The number of carbonyl (C=O) groups excluding carboxylic acids is 1. The lowest BCUT2D eigenvalue weighted by Gasteiger charge is -2.27. The molecular formula is C12H26N2O3. The molecule has 0 aromatic carbocycles. The molecule has 0 heterocycles. The van der Waals surface area contributed by atoms with Gasteiger partial charge in [0.25, 0.3) is 0 Å². The second kappa shape index (κ2) is 6.81. The molecule has 0 aromatic rings. The van der Waals surface area contributed by atoms with Crippen LogP contribution >= 0.6 is 0 Å². The Labute approximate surface area is 104 Å². The van der Waals surface area contributed by atoms with Crippen LogP contribution in [0, 0.1) is 0 Å². The van der Waals surface area contributed by atoms with Gasteiger partial charge in [-0.25, -0.2) is 4.79 Å². The molecule has 5 heteroatoms. The molecule has 0 atom stereocenters. The van der Waals surface area contributed by atoms with Crippen molar-refractivity contribution in [2.24, 2.45) is 5.73 Å². The van der Waals surface area contributed by atoms with Crippen LogP contribution in [0.25, 0.3) is 0 Å². The Balaban J connectivity index is 3.69. The first-order valence-corrected chi connectivity index (χ1v) is 6.02. The molecule has 5 nitrogen and oxygen atoms in total. The number of urea groups is 1. The standard InChI is InChI=1S/C12H26N2O3/c1-11(2,16)7-9-17-12(3,4)6-5-8-14-10(13)15/h16H,5-9H2,1-4H3,(H3,13,14,15). The number of rotatable bonds is 8. The quantitative estimate of drug-likeness (QED) is 0.566. The van der Waals surface area contributed by atoms with Crippen molar-refractivity contribution < 1.29 is 14.6 Å². The summed E-state index contributed by atoms with van der Waals surface area (Å²) >= 11 is 0. The summed E-state index contributed by atoms with van der Waals surface area (Å²) in [7, 11) is 0. The Morgan fingerprint density at radius 3 is 2.35 bits per heavy atom. The van der Waals surface area contributed by atoms with Crippen LogP contribution in [0.2, 0.25) is 0 Å². The maximum absolute atomic E-state index is 10.5. The second-order valence-corrected chi connectivity index (χ2v) is 5.57. The largest absolute Gasteiger partial charge is 0.390 e. The van der Waals surface area contributed by atoms with E-state index in [0.29, 0.717) is 19.6 Å². The average Bonchev–Trinajstić information content (AvgIpc) is 2.09. The van der Waals surface area contributed by atoms with Crippen molar-refractivity contribution in [3.63, 3.8) is 0 Å². The van der Waals surface area contributed by atoms with Crippen LogP contribution < -0.4 is 11.1 Å². The lowest BCUT2D eigenvalue weighted by atomic mass is 10.0. The van der Waals surface area contributed by atoms with E-state index in [0.717, 1.165) is 12.8 Å². The second-order valence-electron chi connectivity index (χ2n) is 5.57. The minimum absolute atomic E-state index is 0.245. The van der Waals surface area contributed by atoms with E-state index in [2.05, 4.69) is 5.32 Å². The van der Waals surface area contributed by atoms with Crippen molar-refractivity contribution in [2.75, 3.05) is 13.2 Å². The lowest BCUT2D eigenvalue weighted by Crippen LogP contribution is -2.33. The molecule has 0 aliphatic rings. The van der Waals surface area contributed by atoms with Crippen molar-refractivity contribution >= 4 is 6.03 Å². The van der Waals surface area contributed by atoms with Crippen LogP contribution in [0.4, 0.5) is 4.79 Å². The Morgan fingerprint density at radius 1 is 1.29 bits per heavy atom. The van der Waals surface area contributed by atoms with E-state index in [9.17, 15) is 9.90 Å². The van der Waals surface area contributed by atoms with Crippen LogP contribution in [0.1, 0.15) is 47.0 Å². The molecule has 0 saturated heterocycles. The van der Waals surface area contributed by atoms with Crippen LogP contribution in [0.15, 0.2) is 0 Å². The third kappa shape index (κ3) is 11.5. The third-order valence-electron chi connectivity index (χ3n) is 2.46. The van der Waals surface area contributed by atoms with E-state index >= 15 is 0 Å². The molecule has 0 radical (unpaired) electrons. The lowest BCUT2D eigenvalue weighted by molar-refractivity contribution is -0.0506. The molecule has 0 unspecified atom stereocenters. The Hall–Kier alpha value is -0.810. The molecule has 0 bridgehead atoms. The molecule has 102 valence electrons. The Bertz CT molecular complexity index is 234. The predicted octanol–water partition coefficient (Wildman–Crippen LogP) is 1.39. The van der Waals surface area contributed by atoms with Gasteiger partial charge in [0, 0.05) is 6.54 Å². The molecular weight excluding hydrogens is 220 g/mol. The fourth-order valence-corrected chi connectivity index (χ4v) is 1.37. The highest BCUT2D eigenvalue weighted by atomic mass is 16.5. The first kappa shape index (κ1) is 16.2. The van der Waals surface area contributed by atoms with Gasteiger partial charge in [0.2, 0.25) is 0 Å². The number of ether oxygens (including phenoxy) is 1. The normalized spacial score (nSPS) is 12.5. The molecule has 0 saturated carbocycles. The molecule has 4 N–H and O–H groups in total. The fraction of sp³-hybridized carbons (Fsp3) is 0.917. The van der Waals surface area contributed by atoms with Crippen LogP contribution in [-0.4, -0.2) is 35.5 Å². The summed E-state index contributed by atoms with van der Waals surface area (Å²) in [6, 6.07) is -0.495. The smallest absolute Gasteiger partial charge is 0.312 e. The first-order valence-electron chi connectivity index (χ1n) is 6.02. The van der Waals surface area contributed by atoms with Crippen molar-refractivity contribution in [1.82, 2.24) is 5.32 Å². The van der Waals surface area contributed by atoms with Crippen molar-refractivity contribution in [3.8, 4) is 0 Å². The first-order chi connectivity index (χ1) is 7.62. The summed E-state index contributed by atoms with van der Waals surface area (Å²) < 4.78 is 5.71. The van der Waals surface area contributed by atoms with Gasteiger partial charge in [-0.05, 0) is 47.0 Å². The van der Waals surface area contributed by atoms with Gasteiger partial charge in [-0.1, -0.05) is 0 Å². The molecule has 17 heavy (non-hydrogen) atoms. The van der Waals surface area contributed by atoms with Crippen LogP contribution in [0.5, 0.6) is 0 Å². The summed E-state index contributed by atoms with van der Waals surface area (Å²) in [6.45, 7) is 8.62. The SMILES string of the molecule is CC(C)(O)CCOC(C)(C)CCCNC(N)=O. The van der Waals surface area contributed by atoms with Crippen molar-refractivity contribution in [3.05, 3.63) is 0 Å². The highest BCUT2D eigenvalue weighted by Crippen LogP contribution is 2.18. The number of hydrogen-bond acceptors (Lipinski definition) is 3. The number of carbonyl (C=O) groups is 1. The Kier molecular flexibility index (Phi) is 6.49. The Morgan fingerprint density at radius 2 is 1.88 bits per heavy atom. The van der Waals surface area contributed by atoms with E-state index in [4.69, 9.17) is 10.5 Å². The van der Waals surface area contributed by atoms with Gasteiger partial charge in [-0.3, -0.25) is 0 Å². The number of nitrogens with one attached hydrogen (secondary N) is 1. The van der Waals surface area contributed by atoms with Gasteiger partial charge in [-0.15, -0.1) is 0 Å². The van der Waals surface area contributed by atoms with E-state index in [1.165, 1.54) is 0 Å². The van der Waals surface area contributed by atoms with Gasteiger partial charge in [0.1, 0.15) is 0 Å². The van der Waals surface area contributed by atoms with Gasteiger partial charge in [0.05, 0.1) is 17.8 Å². The molecule has 0 rings (SSSR count). The molecule has 0 fully saturated rings. The topological polar surface area (TPSA) is 84.6 Å². The van der Waals surface area contributed by atoms with Crippen LogP contribution in [-0.2, 0) is 4.74 Å². The van der Waals surface area contributed by atoms with E-state index in [1.807, 2.05) is 13.8 Å². The van der Waals surface area contributed by atoms with E-state index in [-0.39, 0.29) is 5.60 Å². The van der Waals surface area contributed by atoms with Gasteiger partial charge < -0.3 is 20.9 Å². The van der Waals surface area contributed by atoms with Crippen molar-refractivity contribution in [2.45, 2.75) is 58.2 Å². The predicted molar refractivity (Wildman–Crippen MR) is 67.8 cm³/mol. The number of nitrogens with two attached hydrogens (primary N) is 1. The number of aliphatic hydroxyl groups is 1. The zero-order valence-electron chi connectivity index (χ0n) is 11.4. The maximum atomic E-state index is 10.5. The molecule has 0 aliphatic heterocycles. The highest BCUT2D eigenvalue weighted by molar-refractivity contribution is 5.71. The van der Waals surface area contributed by atoms with Gasteiger partial charge in [0.15, 0.2) is 0 Å². The fourth-order valence-electron chi connectivity index (χ4n) is 1.37. The summed E-state index contributed by atoms with van der Waals surface area (Å²) in [5.41, 5.74) is 4.02. The monoisotopic (exact) mass is 246 g/mol. The van der Waals surface area contributed by atoms with E-state index < -0.39 is 11.6 Å². The summed E-state index contributed by atoms with van der Waals surface area (Å²) in [5.74, 6) is 0. The minimum Gasteiger partial charge on any atom is -0.390 e. The van der Waals surface area contributed by atoms with Crippen molar-refractivity contribution in [1.29, 1.82) is 0 Å². The molecule has 2 amide bonds. The van der Waals surface area contributed by atoms with Gasteiger partial charge >= 0.3 is 6.03 Å². The number of primary amides is 1. The van der Waals surface area contributed by atoms with E-state index in [1.54, 1.807) is 13.8 Å². The summed E-state index contributed by atoms with van der Waals surface area (Å²) in [4.78, 5) is 10.5. The summed E-state index contributed by atoms with van der Waals surface area (Å²) in [6.07, 6.45) is 2.26. The highest BCUT2D eigenvalue weighted by Gasteiger charge is 2.20. The summed E-state index contributed by atoms with van der Waals surface area (Å²) in [5, 5.41) is 12.1. The van der Waals surface area contributed by atoms with Gasteiger partial charge in [-0.2, -0.15) is 0 Å².